The predicted molar refractivity (Wildman–Crippen MR) is 116 cm³/mol. The number of rotatable bonds is 6. The number of aromatic nitrogens is 2. The van der Waals surface area contributed by atoms with Crippen LogP contribution in [0.15, 0.2) is 79.1 Å². The lowest BCUT2D eigenvalue weighted by Crippen LogP contribution is -2.25. The van der Waals surface area contributed by atoms with Crippen molar-refractivity contribution in [3.8, 4) is 0 Å². The molecule has 1 amide bonds. The highest BCUT2D eigenvalue weighted by Gasteiger charge is 2.32. The third-order valence-electron chi connectivity index (χ3n) is 5.55. The summed E-state index contributed by atoms with van der Waals surface area (Å²) in [6, 6.07) is 14.5. The Hall–Kier alpha value is -3.82. The molecule has 1 unspecified atom stereocenters. The van der Waals surface area contributed by atoms with Crippen LogP contribution in [0, 0.1) is 0 Å². The lowest BCUT2D eigenvalue weighted by Gasteiger charge is -2.19. The van der Waals surface area contributed by atoms with Gasteiger partial charge in [0.1, 0.15) is 5.65 Å². The molecule has 2 heterocycles. The van der Waals surface area contributed by atoms with Gasteiger partial charge in [0.15, 0.2) is 0 Å². The smallest absolute Gasteiger partial charge is 0.352 e. The zero-order chi connectivity index (χ0) is 25.2. The number of hydrogen-bond donors (Lipinski definition) is 1. The first-order chi connectivity index (χ1) is 16.5. The number of nitrogens with one attached hydrogen (secondary N) is 1. The van der Waals surface area contributed by atoms with Gasteiger partial charge in [-0.2, -0.15) is 26.3 Å². The van der Waals surface area contributed by atoms with Crippen molar-refractivity contribution >= 4 is 11.6 Å². The monoisotopic (exact) mass is 491 g/mol. The van der Waals surface area contributed by atoms with E-state index in [0.29, 0.717) is 11.3 Å². The molecule has 10 heteroatoms. The molecule has 0 aliphatic carbocycles. The average molecular weight is 491 g/mol. The third-order valence-corrected chi connectivity index (χ3v) is 5.55. The third kappa shape index (κ3) is 5.64. The van der Waals surface area contributed by atoms with E-state index in [4.69, 9.17) is 0 Å². The van der Waals surface area contributed by atoms with E-state index in [1.807, 2.05) is 0 Å². The summed E-state index contributed by atoms with van der Waals surface area (Å²) in [5.41, 5.74) is -0.105. The Morgan fingerprint density at radius 3 is 2.29 bits per heavy atom. The number of halogens is 6. The van der Waals surface area contributed by atoms with Crippen LogP contribution in [0.1, 0.15) is 40.3 Å². The summed E-state index contributed by atoms with van der Waals surface area (Å²) in [4.78, 5) is 17.1. The zero-order valence-corrected chi connectivity index (χ0v) is 18.1. The summed E-state index contributed by atoms with van der Waals surface area (Å²) in [5, 5.41) is 2.57. The van der Waals surface area contributed by atoms with E-state index in [9.17, 15) is 31.1 Å². The van der Waals surface area contributed by atoms with Crippen LogP contribution in [0.5, 0.6) is 0 Å². The van der Waals surface area contributed by atoms with Gasteiger partial charge in [-0.25, -0.2) is 4.98 Å². The van der Waals surface area contributed by atoms with Crippen molar-refractivity contribution < 1.29 is 31.1 Å². The van der Waals surface area contributed by atoms with Crippen molar-refractivity contribution in [2.45, 2.75) is 31.2 Å². The van der Waals surface area contributed by atoms with Crippen LogP contribution in [0.4, 0.5) is 26.3 Å². The highest BCUT2D eigenvalue weighted by Crippen LogP contribution is 2.35. The first-order valence-electron chi connectivity index (χ1n) is 10.5. The molecular formula is C25H19F6N3O. The Morgan fingerprint density at radius 1 is 0.886 bits per heavy atom. The lowest BCUT2D eigenvalue weighted by atomic mass is 9.91. The number of carbonyl (C=O) groups is 1. The van der Waals surface area contributed by atoms with Crippen molar-refractivity contribution in [2.75, 3.05) is 0 Å². The highest BCUT2D eigenvalue weighted by atomic mass is 19.4. The Bertz CT molecular complexity index is 1340. The van der Waals surface area contributed by atoms with Crippen LogP contribution in [0.2, 0.25) is 0 Å². The van der Waals surface area contributed by atoms with Crippen LogP contribution in [0.25, 0.3) is 5.65 Å². The molecule has 4 nitrogen and oxygen atoms in total. The minimum absolute atomic E-state index is 0.161. The van der Waals surface area contributed by atoms with Crippen LogP contribution in [-0.4, -0.2) is 15.3 Å². The van der Waals surface area contributed by atoms with Crippen molar-refractivity contribution in [2.24, 2.45) is 0 Å². The summed E-state index contributed by atoms with van der Waals surface area (Å²) >= 11 is 0. The van der Waals surface area contributed by atoms with Gasteiger partial charge in [-0.3, -0.25) is 4.79 Å². The molecule has 2 aromatic carbocycles. The maximum atomic E-state index is 13.3. The van der Waals surface area contributed by atoms with Gasteiger partial charge in [-0.15, -0.1) is 0 Å². The van der Waals surface area contributed by atoms with Gasteiger partial charge in [-0.1, -0.05) is 36.4 Å². The van der Waals surface area contributed by atoms with Crippen LogP contribution in [-0.2, 0) is 23.7 Å². The molecule has 1 N–H and O–H groups in total. The number of nitrogens with zero attached hydrogens (tertiary/aromatic N) is 2. The van der Waals surface area contributed by atoms with Gasteiger partial charge >= 0.3 is 12.4 Å². The molecule has 0 fully saturated rings. The Balaban J connectivity index is 1.61. The molecule has 2 aromatic heterocycles. The van der Waals surface area contributed by atoms with Crippen LogP contribution >= 0.6 is 0 Å². The SMILES string of the molecule is O=C(CC(c1cccc(C(F)(F)F)c1)c1cnc2ccccn12)NCc1cccc(C(F)(F)F)c1. The summed E-state index contributed by atoms with van der Waals surface area (Å²) in [6.07, 6.45) is -6.12. The fourth-order valence-corrected chi connectivity index (χ4v) is 3.85. The number of benzene rings is 2. The van der Waals surface area contributed by atoms with Crippen LogP contribution in [0.3, 0.4) is 0 Å². The summed E-state index contributed by atoms with van der Waals surface area (Å²) in [7, 11) is 0. The molecule has 35 heavy (non-hydrogen) atoms. The first-order valence-corrected chi connectivity index (χ1v) is 10.5. The average Bonchev–Trinajstić information content (AvgIpc) is 3.24. The van der Waals surface area contributed by atoms with Gasteiger partial charge in [0, 0.05) is 31.3 Å². The molecule has 0 spiro atoms. The van der Waals surface area contributed by atoms with Crippen molar-refractivity contribution in [1.82, 2.24) is 14.7 Å². The molecule has 0 saturated carbocycles. The van der Waals surface area contributed by atoms with E-state index in [1.165, 1.54) is 30.5 Å². The topological polar surface area (TPSA) is 46.4 Å². The molecular weight excluding hydrogens is 472 g/mol. The Morgan fingerprint density at radius 2 is 1.57 bits per heavy atom. The van der Waals surface area contributed by atoms with Gasteiger partial charge in [0.05, 0.1) is 16.8 Å². The number of fused-ring (bicyclic) bond motifs is 1. The van der Waals surface area contributed by atoms with Gasteiger partial charge < -0.3 is 9.72 Å². The second-order valence-corrected chi connectivity index (χ2v) is 7.97. The maximum absolute atomic E-state index is 13.3. The molecule has 0 radical (unpaired) electrons. The Kier molecular flexibility index (Phi) is 6.56. The van der Waals surface area contributed by atoms with Crippen molar-refractivity contribution in [3.05, 3.63) is 107 Å². The molecule has 1 atom stereocenters. The highest BCUT2D eigenvalue weighted by molar-refractivity contribution is 5.77. The molecule has 0 aliphatic rings. The van der Waals surface area contributed by atoms with E-state index < -0.39 is 35.3 Å². The summed E-state index contributed by atoms with van der Waals surface area (Å²) < 4.78 is 80.6. The first kappa shape index (κ1) is 24.3. The summed E-state index contributed by atoms with van der Waals surface area (Å²) in [5.74, 6) is -1.31. The van der Waals surface area contributed by atoms with Crippen molar-refractivity contribution in [1.29, 1.82) is 0 Å². The molecule has 4 rings (SSSR count). The largest absolute Gasteiger partial charge is 0.416 e. The van der Waals surface area contributed by atoms with Gasteiger partial charge in [0.25, 0.3) is 0 Å². The molecule has 182 valence electrons. The standard InChI is InChI=1S/C25H19F6N3O/c26-24(27,28)18-7-3-5-16(11-18)14-33-23(35)13-20(17-6-4-8-19(12-17)25(29,30)31)21-15-32-22-9-1-2-10-34(21)22/h1-12,15,20H,13-14H2,(H,33,35). The molecule has 0 bridgehead atoms. The molecule has 0 saturated heterocycles. The number of carbonyl (C=O) groups excluding carboxylic acids is 1. The lowest BCUT2D eigenvalue weighted by molar-refractivity contribution is -0.138. The number of hydrogen-bond acceptors (Lipinski definition) is 2. The number of alkyl halides is 6. The second kappa shape index (κ2) is 9.44. The molecule has 0 aliphatic heterocycles. The minimum atomic E-state index is -4.56. The Labute approximate surface area is 196 Å². The number of amides is 1. The van der Waals surface area contributed by atoms with E-state index in [0.717, 1.165) is 24.3 Å². The zero-order valence-electron chi connectivity index (χ0n) is 18.1. The van der Waals surface area contributed by atoms with E-state index >= 15 is 0 Å². The van der Waals surface area contributed by atoms with Gasteiger partial charge in [0.2, 0.25) is 5.91 Å². The predicted octanol–water partition coefficient (Wildman–Crippen LogP) is 6.21. The van der Waals surface area contributed by atoms with E-state index in [2.05, 4.69) is 10.3 Å². The van der Waals surface area contributed by atoms with Gasteiger partial charge in [-0.05, 0) is 41.5 Å². The fraction of sp³-hybridized carbons (Fsp3) is 0.200. The minimum Gasteiger partial charge on any atom is -0.352 e. The number of pyridine rings is 1. The van der Waals surface area contributed by atoms with Crippen molar-refractivity contribution in [3.63, 3.8) is 0 Å². The maximum Gasteiger partial charge on any atom is 0.416 e. The normalized spacial score (nSPS) is 13.1. The van der Waals surface area contributed by atoms with E-state index in [-0.39, 0.29) is 24.1 Å². The van der Waals surface area contributed by atoms with Crippen LogP contribution < -0.4 is 5.32 Å². The quantitative estimate of drug-likeness (QED) is 0.326. The second-order valence-electron chi connectivity index (χ2n) is 7.97. The fourth-order valence-electron chi connectivity index (χ4n) is 3.85. The molecule has 4 aromatic rings. The summed E-state index contributed by atoms with van der Waals surface area (Å²) in [6.45, 7) is -0.161. The van der Waals surface area contributed by atoms with E-state index in [1.54, 1.807) is 28.8 Å². The number of imidazole rings is 1.